The number of rotatable bonds is 3. The van der Waals surface area contributed by atoms with Crippen LogP contribution in [-0.2, 0) is 0 Å². The molecule has 5 nitrogen and oxygen atoms in total. The molecule has 0 radical (unpaired) electrons. The summed E-state index contributed by atoms with van der Waals surface area (Å²) in [6, 6.07) is 7.45. The summed E-state index contributed by atoms with van der Waals surface area (Å²) in [5.41, 5.74) is 1.30. The van der Waals surface area contributed by atoms with E-state index < -0.39 is 5.97 Å². The van der Waals surface area contributed by atoms with Crippen LogP contribution in [0.4, 0.5) is 0 Å². The van der Waals surface area contributed by atoms with Gasteiger partial charge in [-0.25, -0.2) is 9.48 Å². The van der Waals surface area contributed by atoms with E-state index in [2.05, 4.69) is 26.2 Å². The molecule has 2 aromatic rings. The Morgan fingerprint density at radius 1 is 1.33 bits per heavy atom. The summed E-state index contributed by atoms with van der Waals surface area (Å²) in [4.78, 5) is 11.2. The zero-order valence-corrected chi connectivity index (χ0v) is 11.5. The molecule has 1 N–H and O–H groups in total. The molecule has 0 amide bonds. The van der Waals surface area contributed by atoms with Gasteiger partial charge in [-0.3, -0.25) is 0 Å². The average molecular weight is 310 g/mol. The third-order valence-electron chi connectivity index (χ3n) is 2.50. The maximum Gasteiger partial charge on any atom is 0.358 e. The molecule has 6 heteroatoms. The first-order valence-electron chi connectivity index (χ1n) is 5.45. The average Bonchev–Trinajstić information content (AvgIpc) is 2.74. The Labute approximate surface area is 113 Å². The van der Waals surface area contributed by atoms with Gasteiger partial charge in [-0.05, 0) is 26.0 Å². The molecule has 1 aromatic heterocycles. The molecule has 18 heavy (non-hydrogen) atoms. The maximum atomic E-state index is 11.2. The number of aromatic carboxylic acids is 1. The van der Waals surface area contributed by atoms with Gasteiger partial charge in [0, 0.05) is 16.1 Å². The summed E-state index contributed by atoms with van der Waals surface area (Å²) in [5.74, 6) is -1.07. The van der Waals surface area contributed by atoms with Crippen LogP contribution >= 0.6 is 15.9 Å². The molecule has 0 unspecified atom stereocenters. The minimum Gasteiger partial charge on any atom is -0.476 e. The van der Waals surface area contributed by atoms with Crippen LogP contribution in [0.3, 0.4) is 0 Å². The molecule has 0 fully saturated rings. The lowest BCUT2D eigenvalue weighted by atomic mass is 10.1. The number of aromatic nitrogens is 3. The van der Waals surface area contributed by atoms with Gasteiger partial charge in [-0.2, -0.15) is 0 Å². The Hall–Kier alpha value is -1.69. The second-order valence-electron chi connectivity index (χ2n) is 4.14. The molecule has 0 spiro atoms. The standard InChI is InChI=1S/C12H12BrN3O2/c1-7(2)16-11(10(12(17)18)14-15-16)8-3-5-9(13)6-4-8/h3-7H,1-2H3,(H,17,18). The van der Waals surface area contributed by atoms with E-state index in [1.807, 2.05) is 38.1 Å². The molecule has 0 aliphatic carbocycles. The van der Waals surface area contributed by atoms with Gasteiger partial charge < -0.3 is 5.11 Å². The van der Waals surface area contributed by atoms with Crippen LogP contribution in [0.15, 0.2) is 28.7 Å². The number of carboxylic acid groups (broad SMARTS) is 1. The largest absolute Gasteiger partial charge is 0.476 e. The van der Waals surface area contributed by atoms with E-state index in [1.165, 1.54) is 0 Å². The van der Waals surface area contributed by atoms with Crippen molar-refractivity contribution in [3.8, 4) is 11.3 Å². The predicted molar refractivity (Wildman–Crippen MR) is 70.5 cm³/mol. The highest BCUT2D eigenvalue weighted by Crippen LogP contribution is 2.26. The van der Waals surface area contributed by atoms with E-state index in [1.54, 1.807) is 4.68 Å². The first kappa shape index (κ1) is 12.8. The molecule has 0 saturated carbocycles. The van der Waals surface area contributed by atoms with E-state index in [-0.39, 0.29) is 11.7 Å². The number of carboxylic acids is 1. The lowest BCUT2D eigenvalue weighted by Gasteiger charge is -2.10. The topological polar surface area (TPSA) is 68.0 Å². The van der Waals surface area contributed by atoms with E-state index >= 15 is 0 Å². The van der Waals surface area contributed by atoms with Crippen LogP contribution in [-0.4, -0.2) is 26.1 Å². The molecule has 0 atom stereocenters. The van der Waals surface area contributed by atoms with Crippen molar-refractivity contribution in [2.75, 3.05) is 0 Å². The Morgan fingerprint density at radius 3 is 2.44 bits per heavy atom. The van der Waals surface area contributed by atoms with Crippen molar-refractivity contribution in [2.24, 2.45) is 0 Å². The van der Waals surface area contributed by atoms with Crippen molar-refractivity contribution >= 4 is 21.9 Å². The summed E-state index contributed by atoms with van der Waals surface area (Å²) in [7, 11) is 0. The van der Waals surface area contributed by atoms with Gasteiger partial charge in [0.1, 0.15) is 5.69 Å². The fourth-order valence-electron chi connectivity index (χ4n) is 1.68. The van der Waals surface area contributed by atoms with Gasteiger partial charge in [-0.1, -0.05) is 33.3 Å². The Kier molecular flexibility index (Phi) is 3.47. The number of halogens is 1. The molecule has 1 aromatic carbocycles. The van der Waals surface area contributed by atoms with Crippen molar-refractivity contribution in [2.45, 2.75) is 19.9 Å². The van der Waals surface area contributed by atoms with Crippen molar-refractivity contribution < 1.29 is 9.90 Å². The minimum absolute atomic E-state index is 0.0222. The molecular weight excluding hydrogens is 298 g/mol. The zero-order valence-electron chi connectivity index (χ0n) is 9.96. The third-order valence-corrected chi connectivity index (χ3v) is 3.03. The fraction of sp³-hybridized carbons (Fsp3) is 0.250. The van der Waals surface area contributed by atoms with E-state index in [0.29, 0.717) is 5.69 Å². The number of hydrogen-bond acceptors (Lipinski definition) is 3. The lowest BCUT2D eigenvalue weighted by Crippen LogP contribution is -2.06. The highest BCUT2D eigenvalue weighted by molar-refractivity contribution is 9.10. The summed E-state index contributed by atoms with van der Waals surface area (Å²) >= 11 is 3.35. The molecule has 0 aliphatic rings. The van der Waals surface area contributed by atoms with Gasteiger partial charge in [0.2, 0.25) is 0 Å². The van der Waals surface area contributed by atoms with Crippen LogP contribution in [0, 0.1) is 0 Å². The first-order valence-corrected chi connectivity index (χ1v) is 6.24. The van der Waals surface area contributed by atoms with Gasteiger partial charge in [0.05, 0.1) is 0 Å². The predicted octanol–water partition coefficient (Wildman–Crippen LogP) is 2.99. The first-order chi connectivity index (χ1) is 8.50. The number of benzene rings is 1. The Morgan fingerprint density at radius 2 is 1.94 bits per heavy atom. The van der Waals surface area contributed by atoms with Gasteiger partial charge >= 0.3 is 5.97 Å². The van der Waals surface area contributed by atoms with Crippen LogP contribution in [0.5, 0.6) is 0 Å². The monoisotopic (exact) mass is 309 g/mol. The highest BCUT2D eigenvalue weighted by atomic mass is 79.9. The number of nitrogens with zero attached hydrogens (tertiary/aromatic N) is 3. The van der Waals surface area contributed by atoms with Crippen LogP contribution in [0.25, 0.3) is 11.3 Å². The van der Waals surface area contributed by atoms with Crippen LogP contribution in [0.1, 0.15) is 30.4 Å². The summed E-state index contributed by atoms with van der Waals surface area (Å²) in [6.45, 7) is 3.87. The van der Waals surface area contributed by atoms with Crippen molar-refractivity contribution in [3.63, 3.8) is 0 Å². The third kappa shape index (κ3) is 2.28. The Bertz CT molecular complexity index is 576. The van der Waals surface area contributed by atoms with Crippen molar-refractivity contribution in [3.05, 3.63) is 34.4 Å². The highest BCUT2D eigenvalue weighted by Gasteiger charge is 2.21. The van der Waals surface area contributed by atoms with E-state index in [9.17, 15) is 4.79 Å². The molecule has 0 saturated heterocycles. The van der Waals surface area contributed by atoms with Gasteiger partial charge in [0.15, 0.2) is 5.69 Å². The minimum atomic E-state index is -1.07. The second-order valence-corrected chi connectivity index (χ2v) is 5.05. The molecular formula is C12H12BrN3O2. The zero-order chi connectivity index (χ0) is 13.3. The van der Waals surface area contributed by atoms with Crippen LogP contribution < -0.4 is 0 Å². The number of hydrogen-bond donors (Lipinski definition) is 1. The maximum absolute atomic E-state index is 11.2. The van der Waals surface area contributed by atoms with E-state index in [0.717, 1.165) is 10.0 Å². The number of carbonyl (C=O) groups is 1. The summed E-state index contributed by atoms with van der Waals surface area (Å²) in [6.07, 6.45) is 0. The molecule has 0 aliphatic heterocycles. The van der Waals surface area contributed by atoms with Gasteiger partial charge in [0.25, 0.3) is 0 Å². The van der Waals surface area contributed by atoms with Crippen molar-refractivity contribution in [1.82, 2.24) is 15.0 Å². The Balaban J connectivity index is 2.63. The van der Waals surface area contributed by atoms with Gasteiger partial charge in [-0.15, -0.1) is 5.10 Å². The molecule has 1 heterocycles. The molecule has 94 valence electrons. The lowest BCUT2D eigenvalue weighted by molar-refractivity contribution is 0.0691. The summed E-state index contributed by atoms with van der Waals surface area (Å²) in [5, 5.41) is 16.8. The summed E-state index contributed by atoms with van der Waals surface area (Å²) < 4.78 is 2.55. The van der Waals surface area contributed by atoms with Crippen LogP contribution in [0.2, 0.25) is 0 Å². The SMILES string of the molecule is CC(C)n1nnc(C(=O)O)c1-c1ccc(Br)cc1. The normalized spacial score (nSPS) is 10.9. The second kappa shape index (κ2) is 4.89. The molecule has 0 bridgehead atoms. The molecule has 2 rings (SSSR count). The van der Waals surface area contributed by atoms with Crippen molar-refractivity contribution in [1.29, 1.82) is 0 Å². The van der Waals surface area contributed by atoms with E-state index in [4.69, 9.17) is 5.11 Å². The quantitative estimate of drug-likeness (QED) is 0.946. The smallest absolute Gasteiger partial charge is 0.358 e. The fourth-order valence-corrected chi connectivity index (χ4v) is 1.94.